The minimum atomic E-state index is -0.106. The van der Waals surface area contributed by atoms with Crippen LogP contribution in [0.2, 0.25) is 0 Å². The highest BCUT2D eigenvalue weighted by atomic mass is 16.1. The van der Waals surface area contributed by atoms with Crippen LogP contribution in [0, 0.1) is 11.8 Å². The van der Waals surface area contributed by atoms with E-state index in [1.54, 1.807) is 17.0 Å². The molecule has 1 aliphatic carbocycles. The number of anilines is 1. The summed E-state index contributed by atoms with van der Waals surface area (Å²) in [6.45, 7) is 4.68. The zero-order chi connectivity index (χ0) is 14.8. The SMILES string of the molecule is CC1CCC(Nc2ccc(-n3cc[nH]c3=O)cc2)C(C)C1. The van der Waals surface area contributed by atoms with Crippen molar-refractivity contribution >= 4 is 5.69 Å². The van der Waals surface area contributed by atoms with Crippen LogP contribution in [0.5, 0.6) is 0 Å². The van der Waals surface area contributed by atoms with Gasteiger partial charge in [0.2, 0.25) is 0 Å². The van der Waals surface area contributed by atoms with Gasteiger partial charge in [-0.25, -0.2) is 4.79 Å². The van der Waals surface area contributed by atoms with Gasteiger partial charge in [-0.15, -0.1) is 0 Å². The fourth-order valence-electron chi connectivity index (χ4n) is 3.34. The Kier molecular flexibility index (Phi) is 3.86. The zero-order valence-electron chi connectivity index (χ0n) is 12.7. The number of hydrogen-bond acceptors (Lipinski definition) is 2. The molecule has 1 saturated carbocycles. The van der Waals surface area contributed by atoms with E-state index in [9.17, 15) is 4.79 Å². The Labute approximate surface area is 125 Å². The van der Waals surface area contributed by atoms with Crippen molar-refractivity contribution in [3.63, 3.8) is 0 Å². The number of aromatic amines is 1. The average Bonchev–Trinajstić information content (AvgIpc) is 2.89. The predicted octanol–water partition coefficient (Wildman–Crippen LogP) is 3.40. The van der Waals surface area contributed by atoms with Crippen molar-refractivity contribution in [2.45, 2.75) is 39.2 Å². The number of nitrogens with one attached hydrogen (secondary N) is 2. The summed E-state index contributed by atoms with van der Waals surface area (Å²) in [7, 11) is 0. The molecule has 1 aliphatic rings. The van der Waals surface area contributed by atoms with E-state index in [4.69, 9.17) is 0 Å². The van der Waals surface area contributed by atoms with E-state index >= 15 is 0 Å². The first-order valence-corrected chi connectivity index (χ1v) is 7.76. The fourth-order valence-corrected chi connectivity index (χ4v) is 3.34. The highest BCUT2D eigenvalue weighted by Crippen LogP contribution is 2.30. The largest absolute Gasteiger partial charge is 0.382 e. The summed E-state index contributed by atoms with van der Waals surface area (Å²) in [4.78, 5) is 14.2. The van der Waals surface area contributed by atoms with E-state index < -0.39 is 0 Å². The lowest BCUT2D eigenvalue weighted by Gasteiger charge is -2.33. The molecule has 1 heterocycles. The zero-order valence-corrected chi connectivity index (χ0v) is 12.7. The van der Waals surface area contributed by atoms with Gasteiger partial charge in [0.25, 0.3) is 0 Å². The van der Waals surface area contributed by atoms with Crippen LogP contribution >= 0.6 is 0 Å². The fraction of sp³-hybridized carbons (Fsp3) is 0.471. The van der Waals surface area contributed by atoms with Gasteiger partial charge in [-0.05, 0) is 55.4 Å². The molecule has 1 aromatic heterocycles. The molecule has 4 nitrogen and oxygen atoms in total. The van der Waals surface area contributed by atoms with E-state index in [0.29, 0.717) is 12.0 Å². The van der Waals surface area contributed by atoms with Crippen LogP contribution in [0.4, 0.5) is 5.69 Å². The van der Waals surface area contributed by atoms with Gasteiger partial charge in [0.15, 0.2) is 0 Å². The van der Waals surface area contributed by atoms with Gasteiger partial charge in [0, 0.05) is 24.1 Å². The normalized spacial score (nSPS) is 25.7. The van der Waals surface area contributed by atoms with E-state index in [0.717, 1.165) is 17.3 Å². The van der Waals surface area contributed by atoms with Crippen molar-refractivity contribution in [2.75, 3.05) is 5.32 Å². The van der Waals surface area contributed by atoms with Crippen molar-refractivity contribution in [1.82, 2.24) is 9.55 Å². The van der Waals surface area contributed by atoms with Crippen molar-refractivity contribution in [2.24, 2.45) is 11.8 Å². The van der Waals surface area contributed by atoms with Crippen molar-refractivity contribution in [3.8, 4) is 5.69 Å². The molecule has 2 aromatic rings. The number of imidazole rings is 1. The second kappa shape index (κ2) is 5.80. The number of nitrogens with zero attached hydrogens (tertiary/aromatic N) is 1. The maximum absolute atomic E-state index is 11.6. The highest BCUT2D eigenvalue weighted by molar-refractivity contribution is 5.49. The van der Waals surface area contributed by atoms with E-state index in [2.05, 4.69) is 36.3 Å². The molecule has 3 rings (SSSR count). The number of hydrogen-bond donors (Lipinski definition) is 2. The molecular weight excluding hydrogens is 262 g/mol. The summed E-state index contributed by atoms with van der Waals surface area (Å²) in [6.07, 6.45) is 7.24. The summed E-state index contributed by atoms with van der Waals surface area (Å²) >= 11 is 0. The summed E-state index contributed by atoms with van der Waals surface area (Å²) in [5.41, 5.74) is 1.91. The van der Waals surface area contributed by atoms with E-state index in [1.165, 1.54) is 19.3 Å². The molecule has 0 aliphatic heterocycles. The molecular formula is C17H23N3O. The topological polar surface area (TPSA) is 49.8 Å². The van der Waals surface area contributed by atoms with Crippen LogP contribution in [0.3, 0.4) is 0 Å². The van der Waals surface area contributed by atoms with Gasteiger partial charge in [-0.2, -0.15) is 0 Å². The Morgan fingerprint density at radius 2 is 1.95 bits per heavy atom. The monoisotopic (exact) mass is 285 g/mol. The number of benzene rings is 1. The van der Waals surface area contributed by atoms with Gasteiger partial charge >= 0.3 is 5.69 Å². The van der Waals surface area contributed by atoms with Crippen LogP contribution in [-0.4, -0.2) is 15.6 Å². The molecule has 3 unspecified atom stereocenters. The van der Waals surface area contributed by atoms with Crippen molar-refractivity contribution in [3.05, 3.63) is 47.1 Å². The first-order chi connectivity index (χ1) is 10.1. The molecule has 1 aromatic carbocycles. The molecule has 4 heteroatoms. The molecule has 1 fully saturated rings. The van der Waals surface area contributed by atoms with Crippen LogP contribution in [0.25, 0.3) is 5.69 Å². The van der Waals surface area contributed by atoms with Gasteiger partial charge in [-0.3, -0.25) is 4.57 Å². The lowest BCUT2D eigenvalue weighted by Crippen LogP contribution is -2.32. The third kappa shape index (κ3) is 3.04. The summed E-state index contributed by atoms with van der Waals surface area (Å²) in [5.74, 6) is 1.56. The van der Waals surface area contributed by atoms with Crippen LogP contribution < -0.4 is 11.0 Å². The van der Waals surface area contributed by atoms with E-state index in [-0.39, 0.29) is 5.69 Å². The van der Waals surface area contributed by atoms with Crippen LogP contribution in [0.15, 0.2) is 41.5 Å². The Bertz CT molecular complexity index is 641. The molecule has 0 bridgehead atoms. The molecule has 21 heavy (non-hydrogen) atoms. The maximum Gasteiger partial charge on any atom is 0.330 e. The Hall–Kier alpha value is -1.97. The standard InChI is InChI=1S/C17H23N3O/c1-12-3-8-16(13(2)11-12)19-14-4-6-15(7-5-14)20-10-9-18-17(20)21/h4-7,9-10,12-13,16,19H,3,8,11H2,1-2H3,(H,18,21). The Morgan fingerprint density at radius 3 is 2.57 bits per heavy atom. The lowest BCUT2D eigenvalue weighted by molar-refractivity contribution is 0.276. The van der Waals surface area contributed by atoms with Gasteiger partial charge in [-0.1, -0.05) is 13.8 Å². The van der Waals surface area contributed by atoms with Crippen molar-refractivity contribution in [1.29, 1.82) is 0 Å². The Balaban J connectivity index is 1.70. The molecule has 0 radical (unpaired) electrons. The van der Waals surface area contributed by atoms with Crippen LogP contribution in [0.1, 0.15) is 33.1 Å². The number of aromatic nitrogens is 2. The molecule has 0 spiro atoms. The molecule has 112 valence electrons. The van der Waals surface area contributed by atoms with Crippen LogP contribution in [-0.2, 0) is 0 Å². The smallest absolute Gasteiger partial charge is 0.330 e. The minimum absolute atomic E-state index is 0.106. The first kappa shape index (κ1) is 14.0. The molecule has 3 atom stereocenters. The second-order valence-electron chi connectivity index (χ2n) is 6.33. The maximum atomic E-state index is 11.6. The summed E-state index contributed by atoms with van der Waals surface area (Å²) < 4.78 is 1.61. The lowest BCUT2D eigenvalue weighted by atomic mass is 9.80. The summed E-state index contributed by atoms with van der Waals surface area (Å²) in [6, 6.07) is 8.63. The van der Waals surface area contributed by atoms with Crippen molar-refractivity contribution < 1.29 is 0 Å². The predicted molar refractivity (Wildman–Crippen MR) is 86.0 cm³/mol. The third-order valence-electron chi connectivity index (χ3n) is 4.58. The summed E-state index contributed by atoms with van der Waals surface area (Å²) in [5, 5.41) is 3.64. The number of H-pyrrole nitrogens is 1. The van der Waals surface area contributed by atoms with Gasteiger partial charge in [0.1, 0.15) is 0 Å². The molecule has 2 N–H and O–H groups in total. The second-order valence-corrected chi connectivity index (χ2v) is 6.33. The third-order valence-corrected chi connectivity index (χ3v) is 4.58. The molecule has 0 saturated heterocycles. The quantitative estimate of drug-likeness (QED) is 0.908. The first-order valence-electron chi connectivity index (χ1n) is 7.76. The highest BCUT2D eigenvalue weighted by Gasteiger charge is 2.24. The van der Waals surface area contributed by atoms with Gasteiger partial charge in [0.05, 0.1) is 5.69 Å². The minimum Gasteiger partial charge on any atom is -0.382 e. The molecule has 0 amide bonds. The Morgan fingerprint density at radius 1 is 1.19 bits per heavy atom. The van der Waals surface area contributed by atoms with E-state index in [1.807, 2.05) is 12.1 Å². The van der Waals surface area contributed by atoms with Gasteiger partial charge < -0.3 is 10.3 Å². The number of rotatable bonds is 3. The average molecular weight is 285 g/mol.